The summed E-state index contributed by atoms with van der Waals surface area (Å²) in [5.41, 5.74) is 2.59. The van der Waals surface area contributed by atoms with Gasteiger partial charge in [0.25, 0.3) is 0 Å². The number of hydrogen-bond acceptors (Lipinski definition) is 3. The van der Waals surface area contributed by atoms with Crippen molar-refractivity contribution in [3.05, 3.63) is 39.3 Å². The molecule has 0 spiro atoms. The SMILES string of the molecule is Brc1ccc(-c2nc3c(s2)CCN(C2CCC2)CC3)cc1. The van der Waals surface area contributed by atoms with Crippen LogP contribution in [0.25, 0.3) is 10.6 Å². The van der Waals surface area contributed by atoms with Crippen molar-refractivity contribution in [2.45, 2.75) is 38.1 Å². The first-order valence-corrected chi connectivity index (χ1v) is 9.39. The zero-order chi connectivity index (χ0) is 14.2. The number of hydrogen-bond donors (Lipinski definition) is 0. The number of thiazole rings is 1. The average Bonchev–Trinajstić information content (AvgIpc) is 2.75. The Morgan fingerprint density at radius 3 is 2.57 bits per heavy atom. The molecule has 1 fully saturated rings. The standard InChI is InChI=1S/C17H19BrN2S/c18-13-6-4-12(5-7-13)17-19-15-8-10-20(14-2-1-3-14)11-9-16(15)21-17/h4-7,14H,1-3,8-11H2. The van der Waals surface area contributed by atoms with Crippen molar-refractivity contribution in [2.75, 3.05) is 13.1 Å². The summed E-state index contributed by atoms with van der Waals surface area (Å²) in [5, 5.41) is 1.18. The molecule has 0 unspecified atom stereocenters. The number of nitrogens with zero attached hydrogens (tertiary/aromatic N) is 2. The third-order valence-electron chi connectivity index (χ3n) is 4.72. The predicted octanol–water partition coefficient (Wildman–Crippen LogP) is 4.53. The summed E-state index contributed by atoms with van der Waals surface area (Å²) < 4.78 is 1.13. The van der Waals surface area contributed by atoms with E-state index in [4.69, 9.17) is 4.98 Å². The van der Waals surface area contributed by atoms with Gasteiger partial charge in [0, 0.05) is 40.5 Å². The van der Waals surface area contributed by atoms with E-state index in [9.17, 15) is 0 Å². The fourth-order valence-electron chi connectivity index (χ4n) is 3.21. The maximum Gasteiger partial charge on any atom is 0.123 e. The highest BCUT2D eigenvalue weighted by Gasteiger charge is 2.27. The number of rotatable bonds is 2. The summed E-state index contributed by atoms with van der Waals surface area (Å²) in [6, 6.07) is 9.37. The average molecular weight is 363 g/mol. The molecular formula is C17H19BrN2S. The highest BCUT2D eigenvalue weighted by atomic mass is 79.9. The van der Waals surface area contributed by atoms with E-state index >= 15 is 0 Å². The van der Waals surface area contributed by atoms with Crippen molar-refractivity contribution in [1.29, 1.82) is 0 Å². The number of fused-ring (bicyclic) bond motifs is 1. The van der Waals surface area contributed by atoms with Crippen molar-refractivity contribution in [2.24, 2.45) is 0 Å². The van der Waals surface area contributed by atoms with Gasteiger partial charge in [0.05, 0.1) is 5.69 Å². The van der Waals surface area contributed by atoms with Crippen molar-refractivity contribution < 1.29 is 0 Å². The van der Waals surface area contributed by atoms with Crippen LogP contribution in [-0.4, -0.2) is 29.0 Å². The molecule has 1 saturated carbocycles. The number of aromatic nitrogens is 1. The van der Waals surface area contributed by atoms with Gasteiger partial charge in [-0.15, -0.1) is 11.3 Å². The minimum atomic E-state index is 0.866. The molecule has 2 aromatic rings. The topological polar surface area (TPSA) is 16.1 Å². The minimum Gasteiger partial charge on any atom is -0.300 e. The fourth-order valence-corrected chi connectivity index (χ4v) is 4.58. The summed E-state index contributed by atoms with van der Waals surface area (Å²) in [4.78, 5) is 9.13. The van der Waals surface area contributed by atoms with E-state index in [1.807, 2.05) is 11.3 Å². The van der Waals surface area contributed by atoms with Gasteiger partial charge in [0.15, 0.2) is 0 Å². The van der Waals surface area contributed by atoms with Crippen LogP contribution in [0.3, 0.4) is 0 Å². The summed E-state index contributed by atoms with van der Waals surface area (Å²) in [6.45, 7) is 2.42. The van der Waals surface area contributed by atoms with E-state index in [-0.39, 0.29) is 0 Å². The van der Waals surface area contributed by atoms with Crippen molar-refractivity contribution in [1.82, 2.24) is 9.88 Å². The van der Waals surface area contributed by atoms with Crippen LogP contribution in [0.4, 0.5) is 0 Å². The van der Waals surface area contributed by atoms with Crippen molar-refractivity contribution in [3.8, 4) is 10.6 Å². The van der Waals surface area contributed by atoms with Gasteiger partial charge < -0.3 is 0 Å². The second kappa shape index (κ2) is 5.82. The van der Waals surface area contributed by atoms with Gasteiger partial charge in [0.2, 0.25) is 0 Å². The first-order valence-electron chi connectivity index (χ1n) is 7.78. The maximum absolute atomic E-state index is 4.92. The monoisotopic (exact) mass is 362 g/mol. The smallest absolute Gasteiger partial charge is 0.123 e. The Labute approximate surface area is 138 Å². The molecule has 0 bridgehead atoms. The molecule has 2 nitrogen and oxygen atoms in total. The molecule has 1 aliphatic heterocycles. The van der Waals surface area contributed by atoms with Crippen LogP contribution in [-0.2, 0) is 12.8 Å². The molecule has 110 valence electrons. The van der Waals surface area contributed by atoms with Crippen LogP contribution in [0.1, 0.15) is 29.8 Å². The lowest BCUT2D eigenvalue weighted by atomic mass is 9.91. The van der Waals surface area contributed by atoms with E-state index in [0.717, 1.165) is 16.9 Å². The highest BCUT2D eigenvalue weighted by molar-refractivity contribution is 9.10. The largest absolute Gasteiger partial charge is 0.300 e. The Bertz CT molecular complexity index is 605. The molecule has 21 heavy (non-hydrogen) atoms. The Morgan fingerprint density at radius 2 is 1.86 bits per heavy atom. The Hall–Kier alpha value is -0.710. The molecule has 4 rings (SSSR count). The van der Waals surface area contributed by atoms with Crippen molar-refractivity contribution in [3.63, 3.8) is 0 Å². The van der Waals surface area contributed by atoms with E-state index in [1.54, 1.807) is 0 Å². The van der Waals surface area contributed by atoms with Crippen LogP contribution in [0, 0.1) is 0 Å². The normalized spacial score (nSPS) is 19.9. The third-order valence-corrected chi connectivity index (χ3v) is 6.46. The van der Waals surface area contributed by atoms with E-state index in [1.165, 1.54) is 59.9 Å². The van der Waals surface area contributed by atoms with Gasteiger partial charge in [0.1, 0.15) is 5.01 Å². The zero-order valence-corrected chi connectivity index (χ0v) is 14.4. The Balaban J connectivity index is 1.53. The second-order valence-corrected chi connectivity index (χ2v) is 8.02. The lowest BCUT2D eigenvalue weighted by molar-refractivity contribution is 0.133. The molecule has 1 aliphatic carbocycles. The van der Waals surface area contributed by atoms with E-state index in [2.05, 4.69) is 45.1 Å². The molecule has 4 heteroatoms. The van der Waals surface area contributed by atoms with Crippen molar-refractivity contribution >= 4 is 27.3 Å². The number of benzene rings is 1. The number of halogens is 1. The van der Waals surface area contributed by atoms with Gasteiger partial charge in [-0.2, -0.15) is 0 Å². The van der Waals surface area contributed by atoms with Gasteiger partial charge >= 0.3 is 0 Å². The van der Waals surface area contributed by atoms with Crippen LogP contribution in [0.2, 0.25) is 0 Å². The molecule has 1 aromatic heterocycles. The van der Waals surface area contributed by atoms with Gasteiger partial charge in [-0.1, -0.05) is 34.5 Å². The molecule has 0 radical (unpaired) electrons. The van der Waals surface area contributed by atoms with Crippen LogP contribution in [0.5, 0.6) is 0 Å². The molecule has 0 saturated heterocycles. The summed E-state index contributed by atoms with van der Waals surface area (Å²) in [6.07, 6.45) is 6.55. The van der Waals surface area contributed by atoms with E-state index in [0.29, 0.717) is 0 Å². The molecular weight excluding hydrogens is 344 g/mol. The first kappa shape index (κ1) is 13.9. The second-order valence-electron chi connectivity index (χ2n) is 6.02. The zero-order valence-electron chi connectivity index (χ0n) is 12.0. The molecule has 0 N–H and O–H groups in total. The lowest BCUT2D eigenvalue weighted by Crippen LogP contribution is -2.41. The lowest BCUT2D eigenvalue weighted by Gasteiger charge is -2.36. The summed E-state index contributed by atoms with van der Waals surface area (Å²) in [5.74, 6) is 0. The first-order chi connectivity index (χ1) is 10.3. The quantitative estimate of drug-likeness (QED) is 0.780. The Morgan fingerprint density at radius 1 is 1.10 bits per heavy atom. The van der Waals surface area contributed by atoms with Gasteiger partial charge in [-0.25, -0.2) is 4.98 Å². The van der Waals surface area contributed by atoms with E-state index < -0.39 is 0 Å². The molecule has 2 heterocycles. The fraction of sp³-hybridized carbons (Fsp3) is 0.471. The van der Waals surface area contributed by atoms with Gasteiger partial charge in [-0.05, 0) is 31.4 Å². The minimum absolute atomic E-state index is 0.866. The summed E-state index contributed by atoms with van der Waals surface area (Å²) >= 11 is 5.39. The van der Waals surface area contributed by atoms with Crippen LogP contribution >= 0.6 is 27.3 Å². The molecule has 0 atom stereocenters. The molecule has 2 aliphatic rings. The predicted molar refractivity (Wildman–Crippen MR) is 91.9 cm³/mol. The van der Waals surface area contributed by atoms with Gasteiger partial charge in [-0.3, -0.25) is 4.90 Å². The Kier molecular flexibility index (Phi) is 3.86. The maximum atomic E-state index is 4.92. The van der Waals surface area contributed by atoms with Crippen LogP contribution < -0.4 is 0 Å². The molecule has 0 amide bonds. The van der Waals surface area contributed by atoms with Crippen LogP contribution in [0.15, 0.2) is 28.7 Å². The third kappa shape index (κ3) is 2.81. The summed E-state index contributed by atoms with van der Waals surface area (Å²) in [7, 11) is 0. The molecule has 1 aromatic carbocycles. The highest BCUT2D eigenvalue weighted by Crippen LogP contribution is 2.33.